The molecule has 1 saturated heterocycles. The van der Waals surface area contributed by atoms with E-state index in [-0.39, 0.29) is 43.2 Å². The lowest BCUT2D eigenvalue weighted by molar-refractivity contribution is -0.384. The Bertz CT molecular complexity index is 988. The molecule has 9 nitrogen and oxygen atoms in total. The summed E-state index contributed by atoms with van der Waals surface area (Å²) in [5, 5.41) is 30.8. The second-order valence-electron chi connectivity index (χ2n) is 6.55. The number of nitro groups is 1. The molecule has 1 amide bonds. The monoisotopic (exact) mass is 412 g/mol. The van der Waals surface area contributed by atoms with Gasteiger partial charge in [-0.3, -0.25) is 19.7 Å². The van der Waals surface area contributed by atoms with Crippen LogP contribution in [0.3, 0.4) is 0 Å². The van der Waals surface area contributed by atoms with Gasteiger partial charge >= 0.3 is 0 Å². The van der Waals surface area contributed by atoms with Gasteiger partial charge in [0.15, 0.2) is 0 Å². The van der Waals surface area contributed by atoms with Gasteiger partial charge in [0.2, 0.25) is 0 Å². The van der Waals surface area contributed by atoms with Crippen LogP contribution in [0.15, 0.2) is 60.2 Å². The summed E-state index contributed by atoms with van der Waals surface area (Å²) in [5.74, 6) is -2.16. The van der Waals surface area contributed by atoms with Gasteiger partial charge in [0.25, 0.3) is 17.4 Å². The van der Waals surface area contributed by atoms with Crippen molar-refractivity contribution in [1.82, 2.24) is 4.90 Å². The van der Waals surface area contributed by atoms with Crippen molar-refractivity contribution in [2.75, 3.05) is 26.4 Å². The number of carbonyl (C=O) groups is 2. The fraction of sp³-hybridized carbons (Fsp3) is 0.238. The zero-order valence-electron chi connectivity index (χ0n) is 15.9. The lowest BCUT2D eigenvalue weighted by Crippen LogP contribution is -2.33. The number of hydrogen-bond donors (Lipinski definition) is 2. The van der Waals surface area contributed by atoms with E-state index in [2.05, 4.69) is 0 Å². The maximum atomic E-state index is 12.8. The van der Waals surface area contributed by atoms with Gasteiger partial charge in [0.1, 0.15) is 5.76 Å². The van der Waals surface area contributed by atoms with Gasteiger partial charge in [-0.2, -0.15) is 0 Å². The van der Waals surface area contributed by atoms with Gasteiger partial charge in [0.05, 0.1) is 36.4 Å². The van der Waals surface area contributed by atoms with E-state index in [1.807, 2.05) is 0 Å². The molecule has 1 fully saturated rings. The van der Waals surface area contributed by atoms with Crippen molar-refractivity contribution in [3.05, 3.63) is 81.4 Å². The normalized spacial score (nSPS) is 18.0. The van der Waals surface area contributed by atoms with Crippen LogP contribution in [0.5, 0.6) is 0 Å². The van der Waals surface area contributed by atoms with Crippen LogP contribution in [-0.4, -0.2) is 58.1 Å². The zero-order valence-corrected chi connectivity index (χ0v) is 15.9. The molecule has 1 heterocycles. The van der Waals surface area contributed by atoms with Crippen LogP contribution in [0.2, 0.25) is 0 Å². The van der Waals surface area contributed by atoms with Crippen molar-refractivity contribution in [3.8, 4) is 0 Å². The molecule has 3 rings (SSSR count). The van der Waals surface area contributed by atoms with Gasteiger partial charge in [-0.05, 0) is 5.56 Å². The summed E-state index contributed by atoms with van der Waals surface area (Å²) < 4.78 is 5.23. The Morgan fingerprint density at radius 1 is 1.10 bits per heavy atom. The molecule has 156 valence electrons. The molecule has 0 saturated carbocycles. The first-order valence-electron chi connectivity index (χ1n) is 9.22. The molecule has 30 heavy (non-hydrogen) atoms. The van der Waals surface area contributed by atoms with E-state index >= 15 is 0 Å². The number of nitro benzene ring substituents is 1. The van der Waals surface area contributed by atoms with Crippen LogP contribution < -0.4 is 0 Å². The van der Waals surface area contributed by atoms with E-state index in [4.69, 9.17) is 9.84 Å². The number of hydrogen-bond acceptors (Lipinski definition) is 7. The van der Waals surface area contributed by atoms with Crippen molar-refractivity contribution in [2.45, 2.75) is 6.04 Å². The molecule has 9 heteroatoms. The molecule has 0 aromatic heterocycles. The molecule has 1 aliphatic rings. The Morgan fingerprint density at radius 3 is 2.50 bits per heavy atom. The summed E-state index contributed by atoms with van der Waals surface area (Å²) in [6.45, 7) is 0.0743. The quantitative estimate of drug-likeness (QED) is 0.169. The lowest BCUT2D eigenvalue weighted by Gasteiger charge is -2.25. The first kappa shape index (κ1) is 21.2. The molecule has 0 aliphatic carbocycles. The molecule has 1 aliphatic heterocycles. The number of ether oxygens (including phenoxy) is 1. The highest BCUT2D eigenvalue weighted by Gasteiger charge is 2.45. The summed E-state index contributed by atoms with van der Waals surface area (Å²) in [5.41, 5.74) is 0.279. The third-order valence-electron chi connectivity index (χ3n) is 4.70. The number of aliphatic hydroxyl groups is 2. The molecule has 0 unspecified atom stereocenters. The highest BCUT2D eigenvalue weighted by Crippen LogP contribution is 2.39. The standard InChI is InChI=1S/C21H20N2O7/c24-10-12-30-11-9-22-18(14-5-2-1-3-6-14)17(20(26)21(22)27)19(25)15-7-4-8-16(13-15)23(28)29/h1-8,13,18,24-25H,9-12H2/t18-/m0/s1. The predicted molar refractivity (Wildman–Crippen MR) is 106 cm³/mol. The smallest absolute Gasteiger partial charge is 0.295 e. The second kappa shape index (κ2) is 9.29. The predicted octanol–water partition coefficient (Wildman–Crippen LogP) is 2.03. The van der Waals surface area contributed by atoms with Gasteiger partial charge in [-0.1, -0.05) is 42.5 Å². The minimum absolute atomic E-state index is 0.0653. The van der Waals surface area contributed by atoms with Crippen molar-refractivity contribution < 1.29 is 29.5 Å². The Morgan fingerprint density at radius 2 is 1.83 bits per heavy atom. The van der Waals surface area contributed by atoms with Crippen molar-refractivity contribution in [3.63, 3.8) is 0 Å². The minimum atomic E-state index is -0.880. The number of benzene rings is 2. The largest absolute Gasteiger partial charge is 0.507 e. The number of rotatable bonds is 8. The van der Waals surface area contributed by atoms with E-state index in [0.29, 0.717) is 5.56 Å². The first-order valence-corrected chi connectivity index (χ1v) is 9.22. The number of likely N-dealkylation sites (tertiary alicyclic amines) is 1. The Labute approximate surface area is 172 Å². The molecule has 0 spiro atoms. The number of aliphatic hydroxyl groups excluding tert-OH is 2. The Hall–Kier alpha value is -3.56. The van der Waals surface area contributed by atoms with E-state index in [9.17, 15) is 24.8 Å². The van der Waals surface area contributed by atoms with E-state index in [0.717, 1.165) is 6.07 Å². The number of ketones is 1. The summed E-state index contributed by atoms with van der Waals surface area (Å²) >= 11 is 0. The number of carbonyl (C=O) groups excluding carboxylic acids is 2. The van der Waals surface area contributed by atoms with Crippen molar-refractivity contribution >= 4 is 23.1 Å². The maximum Gasteiger partial charge on any atom is 0.295 e. The third kappa shape index (κ3) is 4.22. The number of nitrogens with zero attached hydrogens (tertiary/aromatic N) is 2. The molecule has 0 bridgehead atoms. The Kier molecular flexibility index (Phi) is 6.55. The summed E-state index contributed by atoms with van der Waals surface area (Å²) in [4.78, 5) is 37.2. The van der Waals surface area contributed by atoms with Crippen LogP contribution in [0, 0.1) is 10.1 Å². The number of non-ortho nitro benzene ring substituents is 1. The molecule has 1 atom stereocenters. The third-order valence-corrected chi connectivity index (χ3v) is 4.70. The summed E-state index contributed by atoms with van der Waals surface area (Å²) in [6, 6.07) is 13.1. The zero-order chi connectivity index (χ0) is 21.7. The fourth-order valence-electron chi connectivity index (χ4n) is 3.34. The van der Waals surface area contributed by atoms with Gasteiger partial charge in [0, 0.05) is 24.2 Å². The molecule has 0 radical (unpaired) electrons. The molecular weight excluding hydrogens is 392 g/mol. The highest BCUT2D eigenvalue weighted by atomic mass is 16.6. The van der Waals surface area contributed by atoms with Gasteiger partial charge in [-0.15, -0.1) is 0 Å². The van der Waals surface area contributed by atoms with Crippen molar-refractivity contribution in [1.29, 1.82) is 0 Å². The number of amides is 1. The van der Waals surface area contributed by atoms with Crippen LogP contribution in [0.25, 0.3) is 5.76 Å². The van der Waals surface area contributed by atoms with Gasteiger partial charge in [-0.25, -0.2) is 0 Å². The molecular formula is C21H20N2O7. The van der Waals surface area contributed by atoms with Crippen LogP contribution in [0.1, 0.15) is 17.2 Å². The van der Waals surface area contributed by atoms with Crippen LogP contribution in [-0.2, 0) is 14.3 Å². The van der Waals surface area contributed by atoms with Crippen LogP contribution in [0.4, 0.5) is 5.69 Å². The molecule has 2 aromatic carbocycles. The first-order chi connectivity index (χ1) is 14.5. The second-order valence-corrected chi connectivity index (χ2v) is 6.55. The van der Waals surface area contributed by atoms with E-state index in [1.54, 1.807) is 30.3 Å². The average molecular weight is 412 g/mol. The average Bonchev–Trinajstić information content (AvgIpc) is 3.01. The molecule has 2 N–H and O–H groups in total. The Balaban J connectivity index is 2.07. The number of Topliss-reactive ketones (excluding diaryl/α,β-unsaturated/α-hetero) is 1. The highest BCUT2D eigenvalue weighted by molar-refractivity contribution is 6.46. The topological polar surface area (TPSA) is 130 Å². The molecule has 2 aromatic rings. The fourth-order valence-corrected chi connectivity index (χ4v) is 3.34. The maximum absolute atomic E-state index is 12.8. The summed E-state index contributed by atoms with van der Waals surface area (Å²) in [6.07, 6.45) is 0. The minimum Gasteiger partial charge on any atom is -0.507 e. The van der Waals surface area contributed by atoms with Crippen molar-refractivity contribution in [2.24, 2.45) is 0 Å². The lowest BCUT2D eigenvalue weighted by atomic mass is 9.95. The van der Waals surface area contributed by atoms with Gasteiger partial charge < -0.3 is 19.8 Å². The summed E-state index contributed by atoms with van der Waals surface area (Å²) in [7, 11) is 0. The van der Waals surface area contributed by atoms with Crippen LogP contribution >= 0.6 is 0 Å². The van der Waals surface area contributed by atoms with E-state index < -0.39 is 28.4 Å². The SMILES string of the molecule is O=C1C(=O)N(CCOCCO)[C@@H](c2ccccc2)C1=C(O)c1cccc([N+](=O)[O-])c1. The van der Waals surface area contributed by atoms with E-state index in [1.165, 1.54) is 23.1 Å².